The van der Waals surface area contributed by atoms with Gasteiger partial charge in [0, 0.05) is 30.4 Å². The van der Waals surface area contributed by atoms with Gasteiger partial charge < -0.3 is 9.30 Å². The van der Waals surface area contributed by atoms with Crippen LogP contribution in [0.3, 0.4) is 0 Å². The maximum Gasteiger partial charge on any atom is 0.337 e. The molecular formula is C19H17ClN2O2. The number of carbonyl (C=O) groups is 1. The Hall–Kier alpha value is -2.59. The fourth-order valence-electron chi connectivity index (χ4n) is 2.57. The first-order valence-corrected chi connectivity index (χ1v) is 7.96. The third-order valence-corrected chi connectivity index (χ3v) is 4.18. The molecule has 122 valence electrons. The van der Waals surface area contributed by atoms with E-state index >= 15 is 0 Å². The minimum atomic E-state index is -0.334. The molecule has 0 fully saturated rings. The third-order valence-electron chi connectivity index (χ3n) is 3.81. The first kappa shape index (κ1) is 16.3. The number of ether oxygens (including phenoxy) is 1. The molecule has 0 saturated heterocycles. The SMILES string of the molecule is COC(=O)c1cccc(Cn2ccnc2Cc2ccccc2Cl)c1. The van der Waals surface area contributed by atoms with Crippen LogP contribution < -0.4 is 0 Å². The molecule has 0 unspecified atom stereocenters. The van der Waals surface area contributed by atoms with Gasteiger partial charge >= 0.3 is 5.97 Å². The summed E-state index contributed by atoms with van der Waals surface area (Å²) in [7, 11) is 1.38. The summed E-state index contributed by atoms with van der Waals surface area (Å²) in [6.45, 7) is 0.630. The van der Waals surface area contributed by atoms with Crippen LogP contribution in [0.5, 0.6) is 0 Å². The van der Waals surface area contributed by atoms with Gasteiger partial charge in [-0.15, -0.1) is 0 Å². The molecule has 3 aromatic rings. The van der Waals surface area contributed by atoms with Crippen molar-refractivity contribution in [2.45, 2.75) is 13.0 Å². The maximum atomic E-state index is 11.7. The highest BCUT2D eigenvalue weighted by Gasteiger charge is 2.09. The summed E-state index contributed by atoms with van der Waals surface area (Å²) in [6.07, 6.45) is 4.36. The zero-order valence-corrected chi connectivity index (χ0v) is 14.0. The van der Waals surface area contributed by atoms with Crippen LogP contribution in [-0.2, 0) is 17.7 Å². The predicted octanol–water partition coefficient (Wildman–Crippen LogP) is 3.96. The molecule has 1 heterocycles. The molecule has 3 rings (SSSR count). The van der Waals surface area contributed by atoms with E-state index in [1.807, 2.05) is 48.7 Å². The van der Waals surface area contributed by atoms with Gasteiger partial charge in [0.25, 0.3) is 0 Å². The lowest BCUT2D eigenvalue weighted by molar-refractivity contribution is 0.0600. The number of imidazole rings is 1. The average molecular weight is 341 g/mol. The molecule has 0 atom stereocenters. The summed E-state index contributed by atoms with van der Waals surface area (Å²) in [4.78, 5) is 16.1. The van der Waals surface area contributed by atoms with Crippen LogP contribution in [0, 0.1) is 0 Å². The minimum absolute atomic E-state index is 0.334. The Balaban J connectivity index is 1.81. The lowest BCUT2D eigenvalue weighted by Crippen LogP contribution is -2.07. The second-order valence-electron chi connectivity index (χ2n) is 5.43. The Morgan fingerprint density at radius 3 is 2.83 bits per heavy atom. The molecule has 0 aliphatic carbocycles. The van der Waals surface area contributed by atoms with Crippen molar-refractivity contribution in [3.8, 4) is 0 Å². The molecule has 0 amide bonds. The Morgan fingerprint density at radius 1 is 1.21 bits per heavy atom. The molecular weight excluding hydrogens is 324 g/mol. The third kappa shape index (κ3) is 3.66. The number of aromatic nitrogens is 2. The van der Waals surface area contributed by atoms with Crippen LogP contribution >= 0.6 is 11.6 Å². The lowest BCUT2D eigenvalue weighted by Gasteiger charge is -2.10. The van der Waals surface area contributed by atoms with E-state index in [2.05, 4.69) is 9.55 Å². The predicted molar refractivity (Wildman–Crippen MR) is 93.4 cm³/mol. The highest BCUT2D eigenvalue weighted by molar-refractivity contribution is 6.31. The van der Waals surface area contributed by atoms with E-state index in [1.54, 1.807) is 12.3 Å². The highest BCUT2D eigenvalue weighted by Crippen LogP contribution is 2.19. The van der Waals surface area contributed by atoms with Gasteiger partial charge in [-0.3, -0.25) is 0 Å². The number of methoxy groups -OCH3 is 1. The number of nitrogens with zero attached hydrogens (tertiary/aromatic N) is 2. The van der Waals surface area contributed by atoms with E-state index < -0.39 is 0 Å². The average Bonchev–Trinajstić information content (AvgIpc) is 3.03. The minimum Gasteiger partial charge on any atom is -0.465 e. The summed E-state index contributed by atoms with van der Waals surface area (Å²) in [6, 6.07) is 15.2. The van der Waals surface area contributed by atoms with Crippen molar-refractivity contribution < 1.29 is 9.53 Å². The second-order valence-corrected chi connectivity index (χ2v) is 5.84. The zero-order chi connectivity index (χ0) is 16.9. The van der Waals surface area contributed by atoms with Gasteiger partial charge in [-0.05, 0) is 29.3 Å². The van der Waals surface area contributed by atoms with E-state index in [4.69, 9.17) is 16.3 Å². The van der Waals surface area contributed by atoms with Crippen LogP contribution in [0.25, 0.3) is 0 Å². The Kier molecular flexibility index (Phi) is 4.96. The fraction of sp³-hybridized carbons (Fsp3) is 0.158. The Labute approximate surface area is 145 Å². The summed E-state index contributed by atoms with van der Waals surface area (Å²) < 4.78 is 6.82. The number of hydrogen-bond donors (Lipinski definition) is 0. The number of carbonyl (C=O) groups excluding carboxylic acids is 1. The van der Waals surface area contributed by atoms with Crippen molar-refractivity contribution in [1.82, 2.24) is 9.55 Å². The summed E-state index contributed by atoms with van der Waals surface area (Å²) in [5.74, 6) is 0.588. The second kappa shape index (κ2) is 7.32. The van der Waals surface area contributed by atoms with Gasteiger partial charge in [0.2, 0.25) is 0 Å². The van der Waals surface area contributed by atoms with Crippen LogP contribution in [0.2, 0.25) is 5.02 Å². The molecule has 0 spiro atoms. The number of benzene rings is 2. The normalized spacial score (nSPS) is 10.6. The summed E-state index contributed by atoms with van der Waals surface area (Å²) >= 11 is 6.24. The van der Waals surface area contributed by atoms with E-state index in [9.17, 15) is 4.79 Å². The maximum absolute atomic E-state index is 11.7. The summed E-state index contributed by atoms with van der Waals surface area (Å²) in [5.41, 5.74) is 2.59. The molecule has 0 aliphatic heterocycles. The molecule has 1 aromatic heterocycles. The van der Waals surface area contributed by atoms with Gasteiger partial charge in [0.1, 0.15) is 5.82 Å². The van der Waals surface area contributed by atoms with Crippen molar-refractivity contribution in [2.24, 2.45) is 0 Å². The van der Waals surface area contributed by atoms with Crippen molar-refractivity contribution in [2.75, 3.05) is 7.11 Å². The van der Waals surface area contributed by atoms with Crippen molar-refractivity contribution in [3.63, 3.8) is 0 Å². The van der Waals surface area contributed by atoms with Gasteiger partial charge in [0.05, 0.1) is 12.7 Å². The van der Waals surface area contributed by atoms with Crippen LogP contribution in [0.15, 0.2) is 60.9 Å². The zero-order valence-electron chi connectivity index (χ0n) is 13.3. The van der Waals surface area contributed by atoms with Gasteiger partial charge in [-0.2, -0.15) is 0 Å². The molecule has 0 radical (unpaired) electrons. The molecule has 0 bridgehead atoms. The standard InChI is InChI=1S/C19H17ClN2O2/c1-24-19(23)16-7-4-5-14(11-16)13-22-10-9-21-18(22)12-15-6-2-3-8-17(15)20/h2-11H,12-13H2,1H3. The van der Waals surface area contributed by atoms with Crippen LogP contribution in [-0.4, -0.2) is 22.6 Å². The molecule has 4 nitrogen and oxygen atoms in total. The number of hydrogen-bond acceptors (Lipinski definition) is 3. The van der Waals surface area contributed by atoms with Crippen molar-refractivity contribution >= 4 is 17.6 Å². The highest BCUT2D eigenvalue weighted by atomic mass is 35.5. The first-order valence-electron chi connectivity index (χ1n) is 7.58. The van der Waals surface area contributed by atoms with E-state index in [0.717, 1.165) is 22.0 Å². The molecule has 0 aliphatic rings. The number of halogens is 1. The Morgan fingerprint density at radius 2 is 2.04 bits per heavy atom. The smallest absolute Gasteiger partial charge is 0.337 e. The molecule has 2 aromatic carbocycles. The largest absolute Gasteiger partial charge is 0.465 e. The van der Waals surface area contributed by atoms with Gasteiger partial charge in [-0.25, -0.2) is 9.78 Å². The van der Waals surface area contributed by atoms with Gasteiger partial charge in [0.15, 0.2) is 0 Å². The van der Waals surface area contributed by atoms with Crippen LogP contribution in [0.1, 0.15) is 27.3 Å². The fourth-order valence-corrected chi connectivity index (χ4v) is 2.78. The lowest BCUT2D eigenvalue weighted by atomic mass is 10.1. The van der Waals surface area contributed by atoms with Crippen molar-refractivity contribution in [3.05, 3.63) is 88.5 Å². The van der Waals surface area contributed by atoms with Gasteiger partial charge in [-0.1, -0.05) is 41.9 Å². The molecule has 0 saturated carbocycles. The topological polar surface area (TPSA) is 44.1 Å². The van der Waals surface area contributed by atoms with Crippen molar-refractivity contribution in [1.29, 1.82) is 0 Å². The van der Waals surface area contributed by atoms with E-state index in [1.165, 1.54) is 7.11 Å². The number of rotatable bonds is 5. The first-order chi connectivity index (χ1) is 11.7. The van der Waals surface area contributed by atoms with Crippen LogP contribution in [0.4, 0.5) is 0 Å². The quantitative estimate of drug-likeness (QED) is 0.660. The molecule has 0 N–H and O–H groups in total. The number of esters is 1. The Bertz CT molecular complexity index is 858. The summed E-state index contributed by atoms with van der Waals surface area (Å²) in [5, 5.41) is 0.736. The molecule has 24 heavy (non-hydrogen) atoms. The van der Waals surface area contributed by atoms with E-state index in [-0.39, 0.29) is 5.97 Å². The monoisotopic (exact) mass is 340 g/mol. The van der Waals surface area contributed by atoms with E-state index in [0.29, 0.717) is 18.5 Å². The molecule has 5 heteroatoms.